The minimum Gasteiger partial charge on any atom is -0.351 e. The highest BCUT2D eigenvalue weighted by atomic mass is 32.2. The van der Waals surface area contributed by atoms with Gasteiger partial charge < -0.3 is 10.6 Å². The van der Waals surface area contributed by atoms with Crippen LogP contribution in [0.15, 0.2) is 0 Å². The third-order valence-corrected chi connectivity index (χ3v) is 4.19. The minimum atomic E-state index is -0.866. The number of carbonyl (C=O) groups is 1. The predicted octanol–water partition coefficient (Wildman–Crippen LogP) is 0.792. The molecule has 1 aliphatic heterocycles. The molecule has 4 nitrogen and oxygen atoms in total. The minimum absolute atomic E-state index is 0.0236. The van der Waals surface area contributed by atoms with Crippen molar-refractivity contribution in [3.8, 4) is 0 Å². The van der Waals surface area contributed by atoms with E-state index in [4.69, 9.17) is 0 Å². The third kappa shape index (κ3) is 4.07. The summed E-state index contributed by atoms with van der Waals surface area (Å²) in [6.07, 6.45) is 5.50. The van der Waals surface area contributed by atoms with Crippen LogP contribution in [0.4, 0.5) is 0 Å². The summed E-state index contributed by atoms with van der Waals surface area (Å²) in [6.45, 7) is 4.93. The number of amides is 1. The van der Waals surface area contributed by atoms with E-state index in [0.29, 0.717) is 5.75 Å². The second-order valence-electron chi connectivity index (χ2n) is 4.98. The highest BCUT2D eigenvalue weighted by Gasteiger charge is 2.40. The Morgan fingerprint density at radius 2 is 2.29 bits per heavy atom. The highest BCUT2D eigenvalue weighted by Crippen LogP contribution is 2.25. The lowest BCUT2D eigenvalue weighted by Gasteiger charge is -2.29. The van der Waals surface area contributed by atoms with Gasteiger partial charge in [-0.05, 0) is 32.7 Å². The first-order valence-corrected chi connectivity index (χ1v) is 8.09. The Hall–Kier alpha value is -0.420. The van der Waals surface area contributed by atoms with Gasteiger partial charge in [0.05, 0.1) is 5.54 Å². The Kier molecular flexibility index (Phi) is 5.59. The molecule has 1 aliphatic rings. The molecule has 0 radical (unpaired) electrons. The summed E-state index contributed by atoms with van der Waals surface area (Å²) in [7, 11) is -0.866. The summed E-state index contributed by atoms with van der Waals surface area (Å²) in [5.41, 5.74) is -0.377. The van der Waals surface area contributed by atoms with Gasteiger partial charge in [0.2, 0.25) is 5.91 Å². The van der Waals surface area contributed by atoms with E-state index in [1.165, 1.54) is 0 Å². The van der Waals surface area contributed by atoms with Crippen LogP contribution in [-0.2, 0) is 15.6 Å². The molecule has 1 rings (SSSR count). The van der Waals surface area contributed by atoms with Gasteiger partial charge in [0.1, 0.15) is 0 Å². The summed E-state index contributed by atoms with van der Waals surface area (Å²) in [5.74, 6) is 0.600. The fourth-order valence-electron chi connectivity index (χ4n) is 2.51. The zero-order valence-electron chi connectivity index (χ0n) is 11.0. The van der Waals surface area contributed by atoms with Crippen LogP contribution in [0.1, 0.15) is 39.5 Å². The second-order valence-corrected chi connectivity index (χ2v) is 6.46. The van der Waals surface area contributed by atoms with E-state index in [2.05, 4.69) is 17.6 Å². The SMILES string of the molecule is CCCC1(C(=O)NC(C)CS(C)=O)CCCN1. The molecule has 1 amide bonds. The van der Waals surface area contributed by atoms with Gasteiger partial charge >= 0.3 is 0 Å². The maximum absolute atomic E-state index is 12.3. The van der Waals surface area contributed by atoms with Gasteiger partial charge in [-0.1, -0.05) is 13.3 Å². The molecule has 0 saturated carbocycles. The second kappa shape index (κ2) is 6.50. The molecule has 3 unspecified atom stereocenters. The van der Waals surface area contributed by atoms with Crippen molar-refractivity contribution in [3.63, 3.8) is 0 Å². The van der Waals surface area contributed by atoms with Crippen LogP contribution in [0.25, 0.3) is 0 Å². The molecule has 3 atom stereocenters. The molecule has 0 aliphatic carbocycles. The maximum atomic E-state index is 12.3. The van der Waals surface area contributed by atoms with Crippen molar-refractivity contribution < 1.29 is 9.00 Å². The van der Waals surface area contributed by atoms with Crippen molar-refractivity contribution >= 4 is 16.7 Å². The average Bonchev–Trinajstić information content (AvgIpc) is 2.66. The van der Waals surface area contributed by atoms with Crippen LogP contribution < -0.4 is 10.6 Å². The van der Waals surface area contributed by atoms with Crippen LogP contribution in [0, 0.1) is 0 Å². The molecule has 1 heterocycles. The van der Waals surface area contributed by atoms with Gasteiger partial charge in [0.15, 0.2) is 0 Å². The fraction of sp³-hybridized carbons (Fsp3) is 0.917. The summed E-state index contributed by atoms with van der Waals surface area (Å²) >= 11 is 0. The molecule has 0 bridgehead atoms. The summed E-state index contributed by atoms with van der Waals surface area (Å²) < 4.78 is 11.1. The monoisotopic (exact) mass is 260 g/mol. The van der Waals surface area contributed by atoms with Crippen LogP contribution in [0.5, 0.6) is 0 Å². The van der Waals surface area contributed by atoms with E-state index in [1.54, 1.807) is 6.26 Å². The van der Waals surface area contributed by atoms with Crippen molar-refractivity contribution in [1.29, 1.82) is 0 Å². The van der Waals surface area contributed by atoms with Gasteiger partial charge in [-0.2, -0.15) is 0 Å². The first-order chi connectivity index (χ1) is 8.00. The third-order valence-electron chi connectivity index (χ3n) is 3.22. The number of rotatable bonds is 6. The summed E-state index contributed by atoms with van der Waals surface area (Å²) in [4.78, 5) is 12.3. The Balaban J connectivity index is 2.57. The zero-order valence-corrected chi connectivity index (χ0v) is 11.9. The van der Waals surface area contributed by atoms with Crippen molar-refractivity contribution in [1.82, 2.24) is 10.6 Å². The van der Waals surface area contributed by atoms with Crippen molar-refractivity contribution in [2.24, 2.45) is 0 Å². The molecule has 0 aromatic rings. The number of hydrogen-bond acceptors (Lipinski definition) is 3. The first kappa shape index (κ1) is 14.6. The molecule has 0 spiro atoms. The van der Waals surface area contributed by atoms with Crippen LogP contribution in [-0.4, -0.2) is 40.3 Å². The Labute approximate surface area is 106 Å². The van der Waals surface area contributed by atoms with Gasteiger partial charge in [-0.3, -0.25) is 9.00 Å². The lowest BCUT2D eigenvalue weighted by atomic mass is 9.90. The normalized spacial score (nSPS) is 27.7. The number of hydrogen-bond donors (Lipinski definition) is 2. The van der Waals surface area contributed by atoms with E-state index >= 15 is 0 Å². The smallest absolute Gasteiger partial charge is 0.240 e. The number of carbonyl (C=O) groups excluding carboxylic acids is 1. The first-order valence-electron chi connectivity index (χ1n) is 6.36. The summed E-state index contributed by atoms with van der Waals surface area (Å²) in [5, 5.41) is 6.33. The molecular formula is C12H24N2O2S. The van der Waals surface area contributed by atoms with Crippen molar-refractivity contribution in [2.45, 2.75) is 51.1 Å². The molecule has 5 heteroatoms. The van der Waals surface area contributed by atoms with Gasteiger partial charge in [0.25, 0.3) is 0 Å². The van der Waals surface area contributed by atoms with Crippen LogP contribution in [0.3, 0.4) is 0 Å². The largest absolute Gasteiger partial charge is 0.351 e. The fourth-order valence-corrected chi connectivity index (χ4v) is 3.30. The maximum Gasteiger partial charge on any atom is 0.240 e. The number of nitrogens with one attached hydrogen (secondary N) is 2. The lowest BCUT2D eigenvalue weighted by molar-refractivity contribution is -0.127. The lowest BCUT2D eigenvalue weighted by Crippen LogP contribution is -2.55. The van der Waals surface area contributed by atoms with Crippen molar-refractivity contribution in [2.75, 3.05) is 18.6 Å². The Morgan fingerprint density at radius 1 is 1.59 bits per heavy atom. The molecule has 0 aromatic heterocycles. The molecule has 1 fully saturated rings. The molecular weight excluding hydrogens is 236 g/mol. The van der Waals surface area contributed by atoms with E-state index < -0.39 is 10.8 Å². The Morgan fingerprint density at radius 3 is 2.76 bits per heavy atom. The predicted molar refractivity (Wildman–Crippen MR) is 71.4 cm³/mol. The van der Waals surface area contributed by atoms with Gasteiger partial charge in [-0.25, -0.2) is 0 Å². The zero-order chi connectivity index (χ0) is 12.9. The highest BCUT2D eigenvalue weighted by molar-refractivity contribution is 7.84. The molecule has 2 N–H and O–H groups in total. The van der Waals surface area contributed by atoms with E-state index in [9.17, 15) is 9.00 Å². The molecule has 0 aromatic carbocycles. The van der Waals surface area contributed by atoms with Crippen LogP contribution >= 0.6 is 0 Å². The van der Waals surface area contributed by atoms with Crippen molar-refractivity contribution in [3.05, 3.63) is 0 Å². The average molecular weight is 260 g/mol. The molecule has 100 valence electrons. The topological polar surface area (TPSA) is 58.2 Å². The molecule has 1 saturated heterocycles. The summed E-state index contributed by atoms with van der Waals surface area (Å²) in [6, 6.07) is -0.0236. The Bertz CT molecular complexity index is 288. The van der Waals surface area contributed by atoms with E-state index in [-0.39, 0.29) is 17.5 Å². The van der Waals surface area contributed by atoms with E-state index in [1.807, 2.05) is 6.92 Å². The quantitative estimate of drug-likeness (QED) is 0.742. The van der Waals surface area contributed by atoms with Crippen LogP contribution in [0.2, 0.25) is 0 Å². The van der Waals surface area contributed by atoms with Gasteiger partial charge in [-0.15, -0.1) is 0 Å². The van der Waals surface area contributed by atoms with Gasteiger partial charge in [0, 0.05) is 28.9 Å². The standard InChI is InChI=1S/C12H24N2O2S/c1-4-6-12(7-5-8-13-12)11(15)14-10(2)9-17(3)16/h10,13H,4-9H2,1-3H3,(H,14,15). The van der Waals surface area contributed by atoms with E-state index in [0.717, 1.165) is 32.2 Å². The molecule has 17 heavy (non-hydrogen) atoms.